The highest BCUT2D eigenvalue weighted by Crippen LogP contribution is 2.10. The molecule has 1 aliphatic heterocycles. The number of carbonyl (C=O) groups is 2. The zero-order valence-electron chi connectivity index (χ0n) is 8.20. The summed E-state index contributed by atoms with van der Waals surface area (Å²) in [5.41, 5.74) is 0.531. The van der Waals surface area contributed by atoms with E-state index < -0.39 is 0 Å². The summed E-state index contributed by atoms with van der Waals surface area (Å²) in [5.74, 6) is -0.351. The first-order chi connectivity index (χ1) is 6.02. The van der Waals surface area contributed by atoms with Crippen LogP contribution in [0.15, 0.2) is 11.6 Å². The monoisotopic (exact) mass is 182 g/mol. The highest BCUT2D eigenvalue weighted by atomic mass is 16.2. The summed E-state index contributed by atoms with van der Waals surface area (Å²) in [7, 11) is 3.82. The van der Waals surface area contributed by atoms with E-state index in [4.69, 9.17) is 0 Å². The standard InChI is InChI=1S/C9H14N2O2/c1-7-6-8(12)11(9(7)13)5-4-10(2)3/h6H,4-5H2,1-3H3. The van der Waals surface area contributed by atoms with Crippen LogP contribution in [0.3, 0.4) is 0 Å². The lowest BCUT2D eigenvalue weighted by molar-refractivity contribution is -0.137. The minimum absolute atomic E-state index is 0.160. The normalized spacial score (nSPS) is 17.2. The Hall–Kier alpha value is -1.16. The van der Waals surface area contributed by atoms with Gasteiger partial charge in [0.1, 0.15) is 0 Å². The first-order valence-corrected chi connectivity index (χ1v) is 4.21. The van der Waals surface area contributed by atoms with E-state index in [0.29, 0.717) is 18.7 Å². The number of hydrogen-bond donors (Lipinski definition) is 0. The number of hydrogen-bond acceptors (Lipinski definition) is 3. The first kappa shape index (κ1) is 9.92. The number of nitrogens with zero attached hydrogens (tertiary/aromatic N) is 2. The Kier molecular flexibility index (Phi) is 2.83. The van der Waals surface area contributed by atoms with E-state index in [1.54, 1.807) is 6.92 Å². The molecule has 4 heteroatoms. The topological polar surface area (TPSA) is 40.6 Å². The van der Waals surface area contributed by atoms with Gasteiger partial charge in [-0.15, -0.1) is 0 Å². The molecule has 4 nitrogen and oxygen atoms in total. The van der Waals surface area contributed by atoms with Crippen LogP contribution in [0.2, 0.25) is 0 Å². The van der Waals surface area contributed by atoms with Crippen LogP contribution in [0.25, 0.3) is 0 Å². The van der Waals surface area contributed by atoms with Crippen LogP contribution in [-0.4, -0.2) is 48.8 Å². The second-order valence-electron chi connectivity index (χ2n) is 3.43. The Morgan fingerprint density at radius 1 is 1.38 bits per heavy atom. The van der Waals surface area contributed by atoms with Gasteiger partial charge in [0.15, 0.2) is 0 Å². The van der Waals surface area contributed by atoms with Crippen LogP contribution < -0.4 is 0 Å². The Morgan fingerprint density at radius 3 is 2.38 bits per heavy atom. The molecule has 1 aliphatic rings. The van der Waals surface area contributed by atoms with Crippen molar-refractivity contribution >= 4 is 11.8 Å². The average Bonchev–Trinajstić information content (AvgIpc) is 2.24. The highest BCUT2D eigenvalue weighted by molar-refractivity contribution is 6.15. The summed E-state index contributed by atoms with van der Waals surface area (Å²) in [6.07, 6.45) is 1.39. The molecule has 0 aromatic rings. The summed E-state index contributed by atoms with van der Waals surface area (Å²) < 4.78 is 0. The van der Waals surface area contributed by atoms with E-state index in [1.165, 1.54) is 11.0 Å². The smallest absolute Gasteiger partial charge is 0.256 e. The molecule has 0 N–H and O–H groups in total. The zero-order valence-corrected chi connectivity index (χ0v) is 8.20. The Morgan fingerprint density at radius 2 is 2.00 bits per heavy atom. The van der Waals surface area contributed by atoms with Crippen molar-refractivity contribution in [1.29, 1.82) is 0 Å². The van der Waals surface area contributed by atoms with E-state index in [1.807, 2.05) is 19.0 Å². The highest BCUT2D eigenvalue weighted by Gasteiger charge is 2.27. The van der Waals surface area contributed by atoms with Crippen molar-refractivity contribution in [3.63, 3.8) is 0 Å². The maximum atomic E-state index is 11.3. The van der Waals surface area contributed by atoms with Crippen molar-refractivity contribution < 1.29 is 9.59 Å². The number of carbonyl (C=O) groups excluding carboxylic acids is 2. The largest absolute Gasteiger partial charge is 0.308 e. The third kappa shape index (κ3) is 2.15. The van der Waals surface area contributed by atoms with Gasteiger partial charge in [0, 0.05) is 24.7 Å². The maximum Gasteiger partial charge on any atom is 0.256 e. The number of imide groups is 1. The molecule has 0 aromatic carbocycles. The van der Waals surface area contributed by atoms with Crippen molar-refractivity contribution in [2.45, 2.75) is 6.92 Å². The van der Waals surface area contributed by atoms with Crippen molar-refractivity contribution in [2.75, 3.05) is 27.2 Å². The van der Waals surface area contributed by atoms with E-state index in [2.05, 4.69) is 0 Å². The van der Waals surface area contributed by atoms with E-state index in [0.717, 1.165) is 0 Å². The molecule has 0 radical (unpaired) electrons. The Labute approximate surface area is 77.8 Å². The molecule has 72 valence electrons. The van der Waals surface area contributed by atoms with E-state index >= 15 is 0 Å². The van der Waals surface area contributed by atoms with Gasteiger partial charge in [0.05, 0.1) is 0 Å². The molecule has 0 aliphatic carbocycles. The molecule has 0 bridgehead atoms. The molecule has 13 heavy (non-hydrogen) atoms. The second-order valence-corrected chi connectivity index (χ2v) is 3.43. The molecular formula is C9H14N2O2. The van der Waals surface area contributed by atoms with Crippen molar-refractivity contribution in [1.82, 2.24) is 9.80 Å². The lowest BCUT2D eigenvalue weighted by Gasteiger charge is -2.17. The Balaban J connectivity index is 2.54. The van der Waals surface area contributed by atoms with Crippen LogP contribution in [0.1, 0.15) is 6.92 Å². The molecule has 0 unspecified atom stereocenters. The summed E-state index contributed by atoms with van der Waals surface area (Å²) in [6, 6.07) is 0. The molecule has 1 rings (SSSR count). The first-order valence-electron chi connectivity index (χ1n) is 4.21. The number of amides is 2. The lowest BCUT2D eigenvalue weighted by atomic mass is 10.3. The summed E-state index contributed by atoms with van der Waals surface area (Å²) in [4.78, 5) is 25.8. The van der Waals surface area contributed by atoms with E-state index in [-0.39, 0.29) is 11.8 Å². The van der Waals surface area contributed by atoms with Crippen LogP contribution in [-0.2, 0) is 9.59 Å². The molecule has 1 heterocycles. The molecular weight excluding hydrogens is 168 g/mol. The molecule has 0 saturated heterocycles. The van der Waals surface area contributed by atoms with Gasteiger partial charge in [-0.25, -0.2) is 0 Å². The minimum atomic E-state index is -0.190. The van der Waals surface area contributed by atoms with Crippen molar-refractivity contribution in [3.8, 4) is 0 Å². The quantitative estimate of drug-likeness (QED) is 0.570. The van der Waals surface area contributed by atoms with Crippen LogP contribution in [0, 0.1) is 0 Å². The molecule has 0 saturated carbocycles. The fraction of sp³-hybridized carbons (Fsp3) is 0.556. The summed E-state index contributed by atoms with van der Waals surface area (Å²) >= 11 is 0. The third-order valence-corrected chi connectivity index (χ3v) is 1.96. The van der Waals surface area contributed by atoms with Gasteiger partial charge in [-0.05, 0) is 21.0 Å². The van der Waals surface area contributed by atoms with Crippen molar-refractivity contribution in [2.24, 2.45) is 0 Å². The molecule has 0 atom stereocenters. The second kappa shape index (κ2) is 3.70. The van der Waals surface area contributed by atoms with Crippen LogP contribution in [0.5, 0.6) is 0 Å². The average molecular weight is 182 g/mol. The lowest BCUT2D eigenvalue weighted by Crippen LogP contribution is -2.36. The van der Waals surface area contributed by atoms with Gasteiger partial charge in [0.2, 0.25) is 0 Å². The summed E-state index contributed by atoms with van der Waals surface area (Å²) in [5, 5.41) is 0. The maximum absolute atomic E-state index is 11.3. The SMILES string of the molecule is CC1=CC(=O)N(CCN(C)C)C1=O. The van der Waals surface area contributed by atoms with Crippen LogP contribution >= 0.6 is 0 Å². The minimum Gasteiger partial charge on any atom is -0.308 e. The van der Waals surface area contributed by atoms with E-state index in [9.17, 15) is 9.59 Å². The van der Waals surface area contributed by atoms with Gasteiger partial charge in [-0.3, -0.25) is 14.5 Å². The molecule has 0 spiro atoms. The number of likely N-dealkylation sites (N-methyl/N-ethyl adjacent to an activating group) is 1. The predicted molar refractivity (Wildman–Crippen MR) is 49.0 cm³/mol. The van der Waals surface area contributed by atoms with Gasteiger partial charge >= 0.3 is 0 Å². The Bertz CT molecular complexity index is 269. The van der Waals surface area contributed by atoms with Gasteiger partial charge < -0.3 is 4.90 Å². The fourth-order valence-corrected chi connectivity index (χ4v) is 1.15. The number of rotatable bonds is 3. The molecule has 0 aromatic heterocycles. The zero-order chi connectivity index (χ0) is 10.0. The third-order valence-electron chi connectivity index (χ3n) is 1.96. The predicted octanol–water partition coefficient (Wildman–Crippen LogP) is -0.137. The summed E-state index contributed by atoms with van der Waals surface area (Å²) in [6.45, 7) is 2.84. The fourth-order valence-electron chi connectivity index (χ4n) is 1.15. The molecule has 2 amide bonds. The van der Waals surface area contributed by atoms with Crippen molar-refractivity contribution in [3.05, 3.63) is 11.6 Å². The molecule has 0 fully saturated rings. The van der Waals surface area contributed by atoms with Gasteiger partial charge in [-0.2, -0.15) is 0 Å². The van der Waals surface area contributed by atoms with Gasteiger partial charge in [0.25, 0.3) is 11.8 Å². The van der Waals surface area contributed by atoms with Crippen LogP contribution in [0.4, 0.5) is 0 Å². The van der Waals surface area contributed by atoms with Gasteiger partial charge in [-0.1, -0.05) is 0 Å².